The second kappa shape index (κ2) is 8.43. The van der Waals surface area contributed by atoms with E-state index < -0.39 is 10.8 Å². The SMILES string of the molecule is CCCCOCCNC(=O)c1cc([N+](=O)[O-])cc(Cl)c1N. The van der Waals surface area contributed by atoms with Crippen molar-refractivity contribution in [2.24, 2.45) is 0 Å². The first-order valence-corrected chi connectivity index (χ1v) is 6.94. The van der Waals surface area contributed by atoms with Crippen LogP contribution in [0.5, 0.6) is 0 Å². The summed E-state index contributed by atoms with van der Waals surface area (Å²) < 4.78 is 5.30. The van der Waals surface area contributed by atoms with E-state index in [0.29, 0.717) is 19.8 Å². The van der Waals surface area contributed by atoms with E-state index in [9.17, 15) is 14.9 Å². The number of hydrogen-bond donors (Lipinski definition) is 2. The average molecular weight is 316 g/mol. The number of nitrogens with zero attached hydrogens (tertiary/aromatic N) is 1. The van der Waals surface area contributed by atoms with Crippen molar-refractivity contribution in [2.45, 2.75) is 19.8 Å². The number of unbranched alkanes of at least 4 members (excludes halogenated alkanes) is 1. The van der Waals surface area contributed by atoms with Crippen LogP contribution in [0.2, 0.25) is 5.02 Å². The molecule has 0 atom stereocenters. The monoisotopic (exact) mass is 315 g/mol. The molecule has 0 aromatic heterocycles. The number of non-ortho nitro benzene ring substituents is 1. The first kappa shape index (κ1) is 17.2. The maximum absolute atomic E-state index is 12.0. The molecular formula is C13H18ClN3O4. The summed E-state index contributed by atoms with van der Waals surface area (Å²) in [5.41, 5.74) is 5.41. The number of nitrogens with one attached hydrogen (secondary N) is 1. The zero-order valence-corrected chi connectivity index (χ0v) is 12.5. The number of hydrogen-bond acceptors (Lipinski definition) is 5. The van der Waals surface area contributed by atoms with Crippen LogP contribution in [0, 0.1) is 10.1 Å². The fraction of sp³-hybridized carbons (Fsp3) is 0.462. The third-order valence-corrected chi connectivity index (χ3v) is 3.06. The van der Waals surface area contributed by atoms with Gasteiger partial charge < -0.3 is 15.8 Å². The van der Waals surface area contributed by atoms with E-state index in [1.165, 1.54) is 0 Å². The highest BCUT2D eigenvalue weighted by atomic mass is 35.5. The highest BCUT2D eigenvalue weighted by Gasteiger charge is 2.18. The number of rotatable bonds is 8. The first-order valence-electron chi connectivity index (χ1n) is 6.56. The van der Waals surface area contributed by atoms with Gasteiger partial charge in [0.05, 0.1) is 27.8 Å². The van der Waals surface area contributed by atoms with Gasteiger partial charge in [0.15, 0.2) is 0 Å². The largest absolute Gasteiger partial charge is 0.397 e. The lowest BCUT2D eigenvalue weighted by Gasteiger charge is -2.09. The van der Waals surface area contributed by atoms with Gasteiger partial charge in [0, 0.05) is 25.3 Å². The number of nitro groups is 1. The normalized spacial score (nSPS) is 10.4. The van der Waals surface area contributed by atoms with Gasteiger partial charge in [0.1, 0.15) is 0 Å². The van der Waals surface area contributed by atoms with Crippen LogP contribution in [-0.2, 0) is 4.74 Å². The molecule has 0 saturated heterocycles. The summed E-state index contributed by atoms with van der Waals surface area (Å²) >= 11 is 5.79. The number of benzene rings is 1. The van der Waals surface area contributed by atoms with Crippen LogP contribution in [-0.4, -0.2) is 30.6 Å². The van der Waals surface area contributed by atoms with E-state index in [0.717, 1.165) is 25.0 Å². The summed E-state index contributed by atoms with van der Waals surface area (Å²) in [5, 5.41) is 13.3. The molecule has 1 amide bonds. The molecule has 0 fully saturated rings. The molecule has 0 bridgehead atoms. The Bertz CT molecular complexity index is 522. The van der Waals surface area contributed by atoms with Crippen molar-refractivity contribution >= 4 is 28.9 Å². The lowest BCUT2D eigenvalue weighted by atomic mass is 10.1. The zero-order valence-electron chi connectivity index (χ0n) is 11.7. The Morgan fingerprint density at radius 1 is 1.48 bits per heavy atom. The van der Waals surface area contributed by atoms with Gasteiger partial charge in [0.25, 0.3) is 11.6 Å². The topological polar surface area (TPSA) is 107 Å². The zero-order chi connectivity index (χ0) is 15.8. The Kier molecular flexibility index (Phi) is 6.90. The molecule has 0 saturated carbocycles. The van der Waals surface area contributed by atoms with Gasteiger partial charge in [-0.3, -0.25) is 14.9 Å². The Labute approximate surface area is 127 Å². The van der Waals surface area contributed by atoms with Crippen LogP contribution < -0.4 is 11.1 Å². The molecule has 0 heterocycles. The van der Waals surface area contributed by atoms with Gasteiger partial charge in [-0.2, -0.15) is 0 Å². The maximum Gasteiger partial charge on any atom is 0.271 e. The number of nitrogens with two attached hydrogens (primary N) is 1. The summed E-state index contributed by atoms with van der Waals surface area (Å²) in [7, 11) is 0. The Morgan fingerprint density at radius 3 is 2.81 bits per heavy atom. The molecule has 1 rings (SSSR count). The fourth-order valence-electron chi connectivity index (χ4n) is 1.58. The third-order valence-electron chi connectivity index (χ3n) is 2.74. The van der Waals surface area contributed by atoms with Crippen LogP contribution in [0.15, 0.2) is 12.1 Å². The van der Waals surface area contributed by atoms with E-state index in [1.54, 1.807) is 0 Å². The molecule has 8 heteroatoms. The molecule has 0 radical (unpaired) electrons. The minimum atomic E-state index is -0.629. The van der Waals surface area contributed by atoms with Crippen LogP contribution in [0.1, 0.15) is 30.1 Å². The molecule has 21 heavy (non-hydrogen) atoms. The lowest BCUT2D eigenvalue weighted by Crippen LogP contribution is -2.28. The number of ether oxygens (including phenoxy) is 1. The number of carbonyl (C=O) groups is 1. The highest BCUT2D eigenvalue weighted by molar-refractivity contribution is 6.34. The van der Waals surface area contributed by atoms with Gasteiger partial charge in [-0.05, 0) is 6.42 Å². The molecular weight excluding hydrogens is 298 g/mol. The Hall–Kier alpha value is -1.86. The minimum Gasteiger partial charge on any atom is -0.397 e. The molecule has 3 N–H and O–H groups in total. The second-order valence-electron chi connectivity index (χ2n) is 4.37. The molecule has 0 aliphatic carbocycles. The summed E-state index contributed by atoms with van der Waals surface area (Å²) in [5.74, 6) is -0.516. The summed E-state index contributed by atoms with van der Waals surface area (Å²) in [4.78, 5) is 22.1. The number of nitro benzene ring substituents is 1. The molecule has 0 spiro atoms. The molecule has 1 aromatic rings. The second-order valence-corrected chi connectivity index (χ2v) is 4.77. The molecule has 7 nitrogen and oxygen atoms in total. The van der Waals surface area contributed by atoms with E-state index in [1.807, 2.05) is 0 Å². The smallest absolute Gasteiger partial charge is 0.271 e. The van der Waals surface area contributed by atoms with E-state index in [4.69, 9.17) is 22.1 Å². The van der Waals surface area contributed by atoms with Gasteiger partial charge in [-0.15, -0.1) is 0 Å². The summed E-state index contributed by atoms with van der Waals surface area (Å²) in [6.45, 7) is 3.35. The van der Waals surface area contributed by atoms with Crippen LogP contribution >= 0.6 is 11.6 Å². The van der Waals surface area contributed by atoms with E-state index in [-0.39, 0.29) is 22.0 Å². The summed E-state index contributed by atoms with van der Waals surface area (Å²) in [6, 6.07) is 2.22. The third kappa shape index (κ3) is 5.20. The summed E-state index contributed by atoms with van der Waals surface area (Å²) in [6.07, 6.45) is 2.00. The molecule has 116 valence electrons. The number of amides is 1. The van der Waals surface area contributed by atoms with Gasteiger partial charge in [-0.1, -0.05) is 24.9 Å². The van der Waals surface area contributed by atoms with Crippen LogP contribution in [0.3, 0.4) is 0 Å². The fourth-order valence-corrected chi connectivity index (χ4v) is 1.79. The van der Waals surface area contributed by atoms with Crippen molar-refractivity contribution in [3.8, 4) is 0 Å². The van der Waals surface area contributed by atoms with Crippen molar-refractivity contribution in [1.82, 2.24) is 5.32 Å². The molecule has 1 aromatic carbocycles. The van der Waals surface area contributed by atoms with Gasteiger partial charge in [0.2, 0.25) is 0 Å². The van der Waals surface area contributed by atoms with Crippen LogP contribution in [0.4, 0.5) is 11.4 Å². The predicted molar refractivity (Wildman–Crippen MR) is 80.6 cm³/mol. The van der Waals surface area contributed by atoms with Crippen molar-refractivity contribution in [1.29, 1.82) is 0 Å². The quantitative estimate of drug-likeness (QED) is 0.331. The Morgan fingerprint density at radius 2 is 2.19 bits per heavy atom. The average Bonchev–Trinajstić information content (AvgIpc) is 2.44. The molecule has 0 aliphatic rings. The van der Waals surface area contributed by atoms with E-state index >= 15 is 0 Å². The van der Waals surface area contributed by atoms with Crippen molar-refractivity contribution in [3.63, 3.8) is 0 Å². The number of carbonyl (C=O) groups excluding carboxylic acids is 1. The van der Waals surface area contributed by atoms with E-state index in [2.05, 4.69) is 12.2 Å². The molecule has 0 aliphatic heterocycles. The number of nitrogen functional groups attached to an aromatic ring is 1. The Balaban J connectivity index is 2.63. The highest BCUT2D eigenvalue weighted by Crippen LogP contribution is 2.28. The minimum absolute atomic E-state index is 0.0113. The van der Waals surface area contributed by atoms with Crippen molar-refractivity contribution in [2.75, 3.05) is 25.5 Å². The lowest BCUT2D eigenvalue weighted by molar-refractivity contribution is -0.384. The first-order chi connectivity index (χ1) is 9.97. The van der Waals surface area contributed by atoms with Crippen molar-refractivity contribution in [3.05, 3.63) is 32.8 Å². The predicted octanol–water partition coefficient (Wildman–Crippen LogP) is 2.38. The standard InChI is InChI=1S/C13H18ClN3O4/c1-2-3-5-21-6-4-16-13(18)10-7-9(17(19)20)8-11(14)12(10)15/h7-8H,2-6,15H2,1H3,(H,16,18). The molecule has 0 unspecified atom stereocenters. The maximum atomic E-state index is 12.0. The number of halogens is 1. The van der Waals surface area contributed by atoms with Gasteiger partial charge >= 0.3 is 0 Å². The van der Waals surface area contributed by atoms with Crippen molar-refractivity contribution < 1.29 is 14.5 Å². The van der Waals surface area contributed by atoms with Crippen LogP contribution in [0.25, 0.3) is 0 Å². The number of anilines is 1. The van der Waals surface area contributed by atoms with Gasteiger partial charge in [-0.25, -0.2) is 0 Å².